The largest absolute Gasteiger partial charge is 0.370 e. The van der Waals surface area contributed by atoms with E-state index in [0.717, 1.165) is 24.0 Å². The summed E-state index contributed by atoms with van der Waals surface area (Å²) in [5, 5.41) is 4.05. The monoisotopic (exact) mass is 419 g/mol. The van der Waals surface area contributed by atoms with Crippen molar-refractivity contribution >= 4 is 41.5 Å². The Morgan fingerprint density at radius 1 is 1.38 bits per heavy atom. The van der Waals surface area contributed by atoms with Gasteiger partial charge in [0, 0.05) is 17.0 Å². The van der Waals surface area contributed by atoms with Crippen molar-refractivity contribution in [2.45, 2.75) is 37.5 Å². The number of aliphatic imine (C=N–C) groups is 1. The van der Waals surface area contributed by atoms with Gasteiger partial charge in [0.15, 0.2) is 5.96 Å². The van der Waals surface area contributed by atoms with Crippen LogP contribution in [0.3, 0.4) is 0 Å². The Hall–Kier alpha value is -0.490. The van der Waals surface area contributed by atoms with Crippen molar-refractivity contribution in [3.63, 3.8) is 0 Å². The van der Waals surface area contributed by atoms with Crippen LogP contribution in [0.15, 0.2) is 29.3 Å². The average Bonchev–Trinajstić information content (AvgIpc) is 3.16. The van der Waals surface area contributed by atoms with Crippen molar-refractivity contribution in [1.29, 1.82) is 0 Å². The van der Waals surface area contributed by atoms with E-state index in [2.05, 4.69) is 22.4 Å². The number of guanidine groups is 1. The standard InChI is InChI=1S/C16H22ClN3.HI/c17-14-6-2-5-13(9-14)16(7-8-16)11-20-15(18)19-10-12-3-1-4-12;/h2,5-6,9,12H,1,3-4,7-8,10-11H2,(H3,18,19,20);1H. The first-order valence-corrected chi connectivity index (χ1v) is 7.86. The summed E-state index contributed by atoms with van der Waals surface area (Å²) in [6.45, 7) is 1.73. The van der Waals surface area contributed by atoms with E-state index in [1.165, 1.54) is 37.7 Å². The molecule has 1 aromatic carbocycles. The summed E-state index contributed by atoms with van der Waals surface area (Å²) in [5.74, 6) is 1.39. The Balaban J connectivity index is 0.00000161. The number of hydrogen-bond acceptors (Lipinski definition) is 1. The summed E-state index contributed by atoms with van der Waals surface area (Å²) in [5.41, 5.74) is 7.42. The van der Waals surface area contributed by atoms with Crippen molar-refractivity contribution in [2.75, 3.05) is 13.1 Å². The molecule has 3 N–H and O–H groups in total. The minimum atomic E-state index is 0. The van der Waals surface area contributed by atoms with Gasteiger partial charge in [0.05, 0.1) is 6.54 Å². The van der Waals surface area contributed by atoms with Gasteiger partial charge in [0.2, 0.25) is 0 Å². The van der Waals surface area contributed by atoms with E-state index < -0.39 is 0 Å². The second-order valence-corrected chi connectivity index (χ2v) is 6.61. The molecule has 5 heteroatoms. The highest BCUT2D eigenvalue weighted by Gasteiger charge is 2.44. The van der Waals surface area contributed by atoms with Gasteiger partial charge in [-0.05, 0) is 49.3 Å². The molecule has 0 radical (unpaired) electrons. The zero-order valence-electron chi connectivity index (χ0n) is 12.1. The van der Waals surface area contributed by atoms with E-state index in [1.54, 1.807) is 0 Å². The van der Waals surface area contributed by atoms with Crippen LogP contribution in [0.2, 0.25) is 5.02 Å². The summed E-state index contributed by atoms with van der Waals surface area (Å²) in [4.78, 5) is 4.53. The number of nitrogens with two attached hydrogens (primary N) is 1. The highest BCUT2D eigenvalue weighted by Crippen LogP contribution is 2.48. The summed E-state index contributed by atoms with van der Waals surface area (Å²) >= 11 is 6.08. The Bertz CT molecular complexity index is 510. The van der Waals surface area contributed by atoms with Crippen molar-refractivity contribution in [3.8, 4) is 0 Å². The van der Waals surface area contributed by atoms with Crippen LogP contribution < -0.4 is 11.1 Å². The fourth-order valence-corrected chi connectivity index (χ4v) is 2.94. The van der Waals surface area contributed by atoms with Crippen molar-refractivity contribution in [1.82, 2.24) is 5.32 Å². The minimum Gasteiger partial charge on any atom is -0.370 e. The lowest BCUT2D eigenvalue weighted by Crippen LogP contribution is -2.37. The van der Waals surface area contributed by atoms with Gasteiger partial charge >= 0.3 is 0 Å². The molecule has 0 atom stereocenters. The van der Waals surface area contributed by atoms with Crippen molar-refractivity contribution in [3.05, 3.63) is 34.9 Å². The first kappa shape index (κ1) is 16.9. The molecule has 0 heterocycles. The molecule has 3 rings (SSSR count). The summed E-state index contributed by atoms with van der Waals surface area (Å²) < 4.78 is 0. The molecule has 21 heavy (non-hydrogen) atoms. The lowest BCUT2D eigenvalue weighted by molar-refractivity contribution is 0.315. The van der Waals surface area contributed by atoms with Crippen LogP contribution >= 0.6 is 35.6 Å². The molecular formula is C16H23ClIN3. The fraction of sp³-hybridized carbons (Fsp3) is 0.562. The molecule has 2 aliphatic rings. The topological polar surface area (TPSA) is 50.4 Å². The van der Waals surface area contributed by atoms with Gasteiger partial charge in [-0.1, -0.05) is 30.2 Å². The number of nitrogens with zero attached hydrogens (tertiary/aromatic N) is 1. The fourth-order valence-electron chi connectivity index (χ4n) is 2.75. The van der Waals surface area contributed by atoms with Gasteiger partial charge in [-0.3, -0.25) is 4.99 Å². The summed E-state index contributed by atoms with van der Waals surface area (Å²) in [7, 11) is 0. The smallest absolute Gasteiger partial charge is 0.188 e. The SMILES string of the molecule is I.NC(=NCC1(c2cccc(Cl)c2)CC1)NCC1CCC1. The molecule has 0 spiro atoms. The summed E-state index contributed by atoms with van der Waals surface area (Å²) in [6, 6.07) is 8.13. The van der Waals surface area contributed by atoms with Crippen LogP contribution in [0.25, 0.3) is 0 Å². The number of benzene rings is 1. The Kier molecular flexibility index (Phi) is 5.77. The predicted octanol–water partition coefficient (Wildman–Crippen LogP) is 3.69. The minimum absolute atomic E-state index is 0. The van der Waals surface area contributed by atoms with Crippen LogP contribution in [0.4, 0.5) is 0 Å². The predicted molar refractivity (Wildman–Crippen MR) is 99.6 cm³/mol. The normalized spacial score (nSPS) is 20.3. The van der Waals surface area contributed by atoms with Gasteiger partial charge in [0.25, 0.3) is 0 Å². The highest BCUT2D eigenvalue weighted by atomic mass is 127. The summed E-state index contributed by atoms with van der Waals surface area (Å²) in [6.07, 6.45) is 6.36. The molecule has 3 nitrogen and oxygen atoms in total. The maximum Gasteiger partial charge on any atom is 0.188 e. The highest BCUT2D eigenvalue weighted by molar-refractivity contribution is 14.0. The quantitative estimate of drug-likeness (QED) is 0.434. The molecule has 0 aliphatic heterocycles. The lowest BCUT2D eigenvalue weighted by Gasteiger charge is -2.25. The Labute approximate surface area is 148 Å². The third-order valence-electron chi connectivity index (χ3n) is 4.64. The first-order chi connectivity index (χ1) is 9.68. The molecule has 1 aromatic rings. The number of halogens is 2. The average molecular weight is 420 g/mol. The van der Waals surface area contributed by atoms with Crippen molar-refractivity contribution in [2.24, 2.45) is 16.6 Å². The first-order valence-electron chi connectivity index (χ1n) is 7.48. The van der Waals surface area contributed by atoms with Gasteiger partial charge in [-0.25, -0.2) is 0 Å². The van der Waals surface area contributed by atoms with E-state index >= 15 is 0 Å². The van der Waals surface area contributed by atoms with Gasteiger partial charge < -0.3 is 11.1 Å². The van der Waals surface area contributed by atoms with Crippen LogP contribution in [0, 0.1) is 5.92 Å². The van der Waals surface area contributed by atoms with Crippen LogP contribution in [0.1, 0.15) is 37.7 Å². The number of nitrogens with one attached hydrogen (secondary N) is 1. The third kappa shape index (κ3) is 4.25. The molecule has 2 aliphatic carbocycles. The molecule has 0 saturated heterocycles. The zero-order valence-corrected chi connectivity index (χ0v) is 15.2. The maximum atomic E-state index is 6.08. The van der Waals surface area contributed by atoms with Crippen LogP contribution in [-0.4, -0.2) is 19.0 Å². The molecule has 2 saturated carbocycles. The second kappa shape index (κ2) is 7.18. The third-order valence-corrected chi connectivity index (χ3v) is 4.87. The van der Waals surface area contributed by atoms with E-state index in [0.29, 0.717) is 5.96 Å². The number of hydrogen-bond donors (Lipinski definition) is 2. The maximum absolute atomic E-state index is 6.08. The van der Waals surface area contributed by atoms with Gasteiger partial charge in [-0.15, -0.1) is 24.0 Å². The van der Waals surface area contributed by atoms with Crippen molar-refractivity contribution < 1.29 is 0 Å². The lowest BCUT2D eigenvalue weighted by atomic mass is 9.85. The Morgan fingerprint density at radius 2 is 2.14 bits per heavy atom. The molecule has 116 valence electrons. The van der Waals surface area contributed by atoms with Crippen LogP contribution in [0.5, 0.6) is 0 Å². The van der Waals surface area contributed by atoms with E-state index in [4.69, 9.17) is 17.3 Å². The van der Waals surface area contributed by atoms with E-state index in [9.17, 15) is 0 Å². The molecule has 0 unspecified atom stereocenters. The van der Waals surface area contributed by atoms with Gasteiger partial charge in [-0.2, -0.15) is 0 Å². The molecule has 0 aromatic heterocycles. The van der Waals surface area contributed by atoms with Gasteiger partial charge in [0.1, 0.15) is 0 Å². The zero-order chi connectivity index (χ0) is 14.0. The van der Waals surface area contributed by atoms with Crippen LogP contribution in [-0.2, 0) is 5.41 Å². The van der Waals surface area contributed by atoms with E-state index in [1.807, 2.05) is 12.1 Å². The number of rotatable bonds is 5. The second-order valence-electron chi connectivity index (χ2n) is 6.17. The van der Waals surface area contributed by atoms with E-state index in [-0.39, 0.29) is 29.4 Å². The Morgan fingerprint density at radius 3 is 2.71 bits per heavy atom. The molecular weight excluding hydrogens is 397 g/mol. The molecule has 0 amide bonds. The molecule has 2 fully saturated rings. The molecule has 0 bridgehead atoms.